The van der Waals surface area contributed by atoms with Crippen LogP contribution in [0.5, 0.6) is 0 Å². The van der Waals surface area contributed by atoms with Gasteiger partial charge in [-0.2, -0.15) is 0 Å². The Balaban J connectivity index is 2.33. The maximum Gasteiger partial charge on any atom is 0.130 e. The van der Waals surface area contributed by atoms with Crippen LogP contribution in [0, 0.1) is 0 Å². The highest BCUT2D eigenvalue weighted by molar-refractivity contribution is 6.41. The van der Waals surface area contributed by atoms with Gasteiger partial charge in [0.25, 0.3) is 0 Å². The van der Waals surface area contributed by atoms with Crippen LogP contribution in [-0.4, -0.2) is 4.98 Å². The van der Waals surface area contributed by atoms with E-state index in [0.717, 1.165) is 0 Å². The van der Waals surface area contributed by atoms with Gasteiger partial charge in [-0.15, -0.1) is 0 Å². The maximum atomic E-state index is 6.03. The number of hydrogen-bond acceptors (Lipinski definition) is 3. The smallest absolute Gasteiger partial charge is 0.130 e. The molecule has 2 aromatic rings. The van der Waals surface area contributed by atoms with Gasteiger partial charge < -0.3 is 11.1 Å². The van der Waals surface area contributed by atoms with Crippen LogP contribution >= 0.6 is 34.8 Å². The van der Waals surface area contributed by atoms with Gasteiger partial charge in [-0.1, -0.05) is 34.8 Å². The van der Waals surface area contributed by atoms with E-state index >= 15 is 0 Å². The Labute approximate surface area is 114 Å². The first-order chi connectivity index (χ1) is 8.06. The Hall–Kier alpha value is -1.16. The molecule has 0 spiro atoms. The zero-order chi connectivity index (χ0) is 12.4. The van der Waals surface area contributed by atoms with Crippen LogP contribution < -0.4 is 11.1 Å². The van der Waals surface area contributed by atoms with Crippen molar-refractivity contribution in [2.24, 2.45) is 0 Å². The molecule has 1 aromatic heterocycles. The number of halogens is 3. The van der Waals surface area contributed by atoms with Crippen molar-refractivity contribution in [3.63, 3.8) is 0 Å². The van der Waals surface area contributed by atoms with E-state index in [-0.39, 0.29) is 0 Å². The number of nitrogens with zero attached hydrogens (tertiary/aromatic N) is 1. The van der Waals surface area contributed by atoms with Crippen molar-refractivity contribution in [1.29, 1.82) is 0 Å². The van der Waals surface area contributed by atoms with Crippen LogP contribution in [0.2, 0.25) is 15.1 Å². The lowest BCUT2D eigenvalue weighted by molar-refractivity contribution is 1.31. The second kappa shape index (κ2) is 5.00. The van der Waals surface area contributed by atoms with Crippen LogP contribution in [-0.2, 0) is 0 Å². The fourth-order valence-electron chi connectivity index (χ4n) is 1.27. The fraction of sp³-hybridized carbons (Fsp3) is 0. The summed E-state index contributed by atoms with van der Waals surface area (Å²) >= 11 is 17.9. The molecule has 2 rings (SSSR count). The van der Waals surface area contributed by atoms with E-state index in [1.165, 1.54) is 0 Å². The molecule has 0 unspecified atom stereocenters. The van der Waals surface area contributed by atoms with Crippen molar-refractivity contribution < 1.29 is 0 Å². The molecule has 88 valence electrons. The summed E-state index contributed by atoms with van der Waals surface area (Å²) in [7, 11) is 0. The Kier molecular flexibility index (Phi) is 3.62. The molecule has 0 atom stereocenters. The van der Waals surface area contributed by atoms with Crippen molar-refractivity contribution >= 4 is 52.0 Å². The minimum Gasteiger partial charge on any atom is -0.397 e. The Morgan fingerprint density at radius 3 is 2.24 bits per heavy atom. The van der Waals surface area contributed by atoms with Gasteiger partial charge in [-0.05, 0) is 24.3 Å². The molecule has 0 bridgehead atoms. The summed E-state index contributed by atoms with van der Waals surface area (Å²) in [4.78, 5) is 4.09. The van der Waals surface area contributed by atoms with Crippen molar-refractivity contribution in [1.82, 2.24) is 4.98 Å². The molecule has 17 heavy (non-hydrogen) atoms. The van der Waals surface area contributed by atoms with Crippen LogP contribution in [0.1, 0.15) is 0 Å². The third-order valence-corrected chi connectivity index (χ3v) is 2.86. The highest BCUT2D eigenvalue weighted by Crippen LogP contribution is 2.35. The normalized spacial score (nSPS) is 10.3. The van der Waals surface area contributed by atoms with E-state index in [1.54, 1.807) is 30.5 Å². The number of anilines is 3. The van der Waals surface area contributed by atoms with E-state index < -0.39 is 0 Å². The number of nitrogens with two attached hydrogens (primary N) is 1. The summed E-state index contributed by atoms with van der Waals surface area (Å²) < 4.78 is 0. The predicted molar refractivity (Wildman–Crippen MR) is 73.4 cm³/mol. The van der Waals surface area contributed by atoms with Gasteiger partial charge in [0.2, 0.25) is 0 Å². The van der Waals surface area contributed by atoms with Gasteiger partial charge >= 0.3 is 0 Å². The maximum absolute atomic E-state index is 6.03. The number of benzene rings is 1. The lowest BCUT2D eigenvalue weighted by atomic mass is 10.3. The summed E-state index contributed by atoms with van der Waals surface area (Å²) in [5, 5.41) is 4.35. The minimum absolute atomic E-state index is 0.432. The Morgan fingerprint density at radius 1 is 1.06 bits per heavy atom. The zero-order valence-corrected chi connectivity index (χ0v) is 10.8. The molecule has 3 nitrogen and oxygen atoms in total. The zero-order valence-electron chi connectivity index (χ0n) is 8.55. The molecule has 0 amide bonds. The van der Waals surface area contributed by atoms with E-state index in [4.69, 9.17) is 40.5 Å². The monoisotopic (exact) mass is 287 g/mol. The SMILES string of the molecule is Nc1ccc(Nc2c(Cl)cc(Cl)cc2Cl)nc1. The molecule has 0 aliphatic heterocycles. The van der Waals surface area contributed by atoms with E-state index in [2.05, 4.69) is 10.3 Å². The number of nitrogen functional groups attached to an aromatic ring is 1. The number of aromatic nitrogens is 1. The van der Waals surface area contributed by atoms with E-state index in [1.807, 2.05) is 0 Å². The lowest BCUT2D eigenvalue weighted by Crippen LogP contribution is -1.96. The van der Waals surface area contributed by atoms with Crippen molar-refractivity contribution in [3.05, 3.63) is 45.5 Å². The largest absolute Gasteiger partial charge is 0.397 e. The van der Waals surface area contributed by atoms with Gasteiger partial charge in [-0.3, -0.25) is 0 Å². The molecular formula is C11H8Cl3N3. The highest BCUT2D eigenvalue weighted by atomic mass is 35.5. The topological polar surface area (TPSA) is 50.9 Å². The quantitative estimate of drug-likeness (QED) is 0.863. The van der Waals surface area contributed by atoms with Crippen LogP contribution in [0.3, 0.4) is 0 Å². The fourth-order valence-corrected chi connectivity index (χ4v) is 2.18. The van der Waals surface area contributed by atoms with Gasteiger partial charge in [0.15, 0.2) is 0 Å². The number of rotatable bonds is 2. The molecule has 1 aromatic carbocycles. The van der Waals surface area contributed by atoms with Gasteiger partial charge in [0.05, 0.1) is 27.6 Å². The molecular weight excluding hydrogens is 281 g/mol. The lowest BCUT2D eigenvalue weighted by Gasteiger charge is -2.10. The molecule has 0 saturated heterocycles. The standard InChI is InChI=1S/C11H8Cl3N3/c12-6-3-8(13)11(9(14)4-6)17-10-2-1-7(15)5-16-10/h1-5H,15H2,(H,16,17). The Bertz CT molecular complexity index is 517. The van der Waals surface area contributed by atoms with Crippen molar-refractivity contribution in [2.75, 3.05) is 11.1 Å². The summed E-state index contributed by atoms with van der Waals surface area (Å²) in [6, 6.07) is 6.67. The first kappa shape index (κ1) is 12.3. The van der Waals surface area contributed by atoms with Crippen molar-refractivity contribution in [3.8, 4) is 0 Å². The van der Waals surface area contributed by atoms with E-state index in [9.17, 15) is 0 Å². The predicted octanol–water partition coefficient (Wildman–Crippen LogP) is 4.37. The summed E-state index contributed by atoms with van der Waals surface area (Å²) in [5.74, 6) is 0.602. The van der Waals surface area contributed by atoms with Crippen LogP contribution in [0.15, 0.2) is 30.5 Å². The third kappa shape index (κ3) is 2.94. The first-order valence-corrected chi connectivity index (χ1v) is 5.83. The molecule has 0 radical (unpaired) electrons. The summed E-state index contributed by atoms with van der Waals surface area (Å²) in [6.45, 7) is 0. The number of pyridine rings is 1. The van der Waals surface area contributed by atoms with Crippen LogP contribution in [0.4, 0.5) is 17.2 Å². The van der Waals surface area contributed by atoms with Gasteiger partial charge in [0.1, 0.15) is 5.82 Å². The molecule has 0 aliphatic carbocycles. The third-order valence-electron chi connectivity index (χ3n) is 2.05. The molecule has 3 N–H and O–H groups in total. The first-order valence-electron chi connectivity index (χ1n) is 4.69. The second-order valence-corrected chi connectivity index (χ2v) is 4.60. The average molecular weight is 289 g/mol. The van der Waals surface area contributed by atoms with Crippen molar-refractivity contribution in [2.45, 2.75) is 0 Å². The molecule has 0 saturated carbocycles. The second-order valence-electron chi connectivity index (χ2n) is 3.35. The molecule has 6 heteroatoms. The number of hydrogen-bond donors (Lipinski definition) is 2. The van der Waals surface area contributed by atoms with Crippen LogP contribution in [0.25, 0.3) is 0 Å². The van der Waals surface area contributed by atoms with E-state index in [0.29, 0.717) is 32.3 Å². The molecule has 1 heterocycles. The highest BCUT2D eigenvalue weighted by Gasteiger charge is 2.08. The average Bonchev–Trinajstić information content (AvgIpc) is 2.26. The van der Waals surface area contributed by atoms with Gasteiger partial charge in [0, 0.05) is 5.02 Å². The molecule has 0 fully saturated rings. The summed E-state index contributed by atoms with van der Waals surface area (Å²) in [5.41, 5.74) is 6.69. The summed E-state index contributed by atoms with van der Waals surface area (Å²) in [6.07, 6.45) is 1.54. The Morgan fingerprint density at radius 2 is 1.71 bits per heavy atom. The number of nitrogens with one attached hydrogen (secondary N) is 1. The minimum atomic E-state index is 0.432. The van der Waals surface area contributed by atoms with Gasteiger partial charge in [-0.25, -0.2) is 4.98 Å². The molecule has 0 aliphatic rings.